The van der Waals surface area contributed by atoms with Crippen molar-refractivity contribution in [2.24, 2.45) is 5.92 Å². The van der Waals surface area contributed by atoms with Crippen molar-refractivity contribution in [3.8, 4) is 12.1 Å². The molecular weight excluding hydrogens is 322 g/mol. The molecular formula is C16H21N7O2. The number of nitro groups is 1. The molecule has 1 unspecified atom stereocenters. The maximum atomic E-state index is 11.8. The summed E-state index contributed by atoms with van der Waals surface area (Å²) < 4.78 is 0. The second-order valence-electron chi connectivity index (χ2n) is 6.12. The molecule has 9 heteroatoms. The molecule has 0 radical (unpaired) electrons. The van der Waals surface area contributed by atoms with E-state index in [4.69, 9.17) is 10.5 Å². The van der Waals surface area contributed by atoms with Gasteiger partial charge >= 0.3 is 5.69 Å². The molecule has 0 aromatic carbocycles. The predicted molar refractivity (Wildman–Crippen MR) is 92.0 cm³/mol. The van der Waals surface area contributed by atoms with Crippen molar-refractivity contribution >= 4 is 17.3 Å². The quantitative estimate of drug-likeness (QED) is 0.545. The molecule has 0 N–H and O–H groups in total. The number of nitrogens with zero attached hydrogens (tertiary/aromatic N) is 7. The maximum absolute atomic E-state index is 11.8. The van der Waals surface area contributed by atoms with Gasteiger partial charge in [-0.1, -0.05) is 6.92 Å². The van der Waals surface area contributed by atoms with Gasteiger partial charge in [0.15, 0.2) is 0 Å². The van der Waals surface area contributed by atoms with Crippen molar-refractivity contribution in [3.63, 3.8) is 0 Å². The Labute approximate surface area is 146 Å². The van der Waals surface area contributed by atoms with Crippen LogP contribution in [-0.2, 0) is 0 Å². The van der Waals surface area contributed by atoms with Gasteiger partial charge < -0.3 is 9.80 Å². The molecule has 0 amide bonds. The normalized spacial score (nSPS) is 16.8. The first kappa shape index (κ1) is 18.4. The van der Waals surface area contributed by atoms with Gasteiger partial charge in [-0.3, -0.25) is 10.1 Å². The Bertz CT molecular complexity index is 677. The molecule has 0 bridgehead atoms. The van der Waals surface area contributed by atoms with Gasteiger partial charge in [0.2, 0.25) is 11.6 Å². The number of rotatable bonds is 7. The number of anilines is 2. The zero-order valence-corrected chi connectivity index (χ0v) is 14.3. The summed E-state index contributed by atoms with van der Waals surface area (Å²) in [6.45, 7) is 4.12. The highest BCUT2D eigenvalue weighted by molar-refractivity contribution is 5.71. The monoisotopic (exact) mass is 343 g/mol. The van der Waals surface area contributed by atoms with Crippen molar-refractivity contribution in [1.82, 2.24) is 9.97 Å². The van der Waals surface area contributed by atoms with Crippen LogP contribution in [0.15, 0.2) is 6.33 Å². The van der Waals surface area contributed by atoms with Gasteiger partial charge in [-0.05, 0) is 18.8 Å². The minimum Gasteiger partial charge on any atom is -0.350 e. The summed E-state index contributed by atoms with van der Waals surface area (Å²) in [5.74, 6) is 0.944. The molecule has 9 nitrogen and oxygen atoms in total. The molecule has 1 aliphatic heterocycles. The van der Waals surface area contributed by atoms with E-state index in [1.807, 2.05) is 17.0 Å². The molecule has 0 spiro atoms. The molecule has 2 rings (SSSR count). The van der Waals surface area contributed by atoms with Crippen molar-refractivity contribution in [1.29, 1.82) is 10.5 Å². The van der Waals surface area contributed by atoms with E-state index >= 15 is 0 Å². The molecule has 0 aliphatic carbocycles. The van der Waals surface area contributed by atoms with E-state index in [-0.39, 0.29) is 37.4 Å². The SMILES string of the molecule is CC1CCCN(c2ncnc(N(CCC#N)CCC#N)c2[N+](=O)[O-])C1. The Kier molecular flexibility index (Phi) is 6.47. The Morgan fingerprint density at radius 2 is 2.04 bits per heavy atom. The molecule has 1 atom stereocenters. The largest absolute Gasteiger partial charge is 0.353 e. The second kappa shape index (κ2) is 8.78. The van der Waals surface area contributed by atoms with Crippen molar-refractivity contribution in [2.75, 3.05) is 36.0 Å². The fourth-order valence-electron chi connectivity index (χ4n) is 3.06. The molecule has 1 aromatic heterocycles. The van der Waals surface area contributed by atoms with Gasteiger partial charge in [0.25, 0.3) is 0 Å². The van der Waals surface area contributed by atoms with Crippen LogP contribution in [0.5, 0.6) is 0 Å². The van der Waals surface area contributed by atoms with Crippen molar-refractivity contribution < 1.29 is 4.92 Å². The highest BCUT2D eigenvalue weighted by Gasteiger charge is 2.31. The summed E-state index contributed by atoms with van der Waals surface area (Å²) in [7, 11) is 0. The number of nitriles is 2. The zero-order chi connectivity index (χ0) is 18.2. The Hall–Kier alpha value is -2.94. The van der Waals surface area contributed by atoms with Crippen LogP contribution in [0.25, 0.3) is 0 Å². The molecule has 25 heavy (non-hydrogen) atoms. The third kappa shape index (κ3) is 4.54. The standard InChI is InChI=1S/C16H21N7O2/c1-13-5-2-8-22(11-13)16-14(23(24)25)15(19-12-20-16)21(9-3-6-17)10-4-7-18/h12-13H,2-5,8-11H2,1H3. The second-order valence-corrected chi connectivity index (χ2v) is 6.12. The van der Waals surface area contributed by atoms with Gasteiger partial charge in [-0.15, -0.1) is 0 Å². The highest BCUT2D eigenvalue weighted by atomic mass is 16.6. The van der Waals surface area contributed by atoms with E-state index < -0.39 is 4.92 Å². The Morgan fingerprint density at radius 3 is 2.60 bits per heavy atom. The van der Waals surface area contributed by atoms with E-state index in [1.165, 1.54) is 6.33 Å². The first-order valence-electron chi connectivity index (χ1n) is 8.31. The average Bonchev–Trinajstić information content (AvgIpc) is 2.61. The van der Waals surface area contributed by atoms with Crippen LogP contribution in [0, 0.1) is 38.7 Å². The fourth-order valence-corrected chi connectivity index (χ4v) is 3.06. The third-order valence-electron chi connectivity index (χ3n) is 4.21. The number of piperidine rings is 1. The van der Waals surface area contributed by atoms with E-state index in [9.17, 15) is 10.1 Å². The lowest BCUT2D eigenvalue weighted by Gasteiger charge is -2.32. The summed E-state index contributed by atoms with van der Waals surface area (Å²) in [6, 6.07) is 4.06. The number of hydrogen-bond acceptors (Lipinski definition) is 8. The van der Waals surface area contributed by atoms with Crippen LogP contribution in [-0.4, -0.2) is 41.1 Å². The van der Waals surface area contributed by atoms with Crippen LogP contribution in [0.2, 0.25) is 0 Å². The van der Waals surface area contributed by atoms with Gasteiger partial charge in [-0.25, -0.2) is 9.97 Å². The third-order valence-corrected chi connectivity index (χ3v) is 4.21. The predicted octanol–water partition coefficient (Wildman–Crippen LogP) is 2.25. The van der Waals surface area contributed by atoms with E-state index in [2.05, 4.69) is 16.9 Å². The van der Waals surface area contributed by atoms with Crippen LogP contribution < -0.4 is 9.80 Å². The van der Waals surface area contributed by atoms with Crippen molar-refractivity contribution in [3.05, 3.63) is 16.4 Å². The van der Waals surface area contributed by atoms with E-state index in [1.54, 1.807) is 4.90 Å². The van der Waals surface area contributed by atoms with Crippen LogP contribution in [0.1, 0.15) is 32.6 Å². The van der Waals surface area contributed by atoms with Crippen LogP contribution in [0.3, 0.4) is 0 Å². The average molecular weight is 343 g/mol. The molecule has 132 valence electrons. The zero-order valence-electron chi connectivity index (χ0n) is 14.3. The fraction of sp³-hybridized carbons (Fsp3) is 0.625. The maximum Gasteiger partial charge on any atom is 0.353 e. The lowest BCUT2D eigenvalue weighted by Crippen LogP contribution is -2.36. The van der Waals surface area contributed by atoms with Gasteiger partial charge in [0.1, 0.15) is 6.33 Å². The first-order chi connectivity index (χ1) is 12.1. The van der Waals surface area contributed by atoms with E-state index in [0.29, 0.717) is 18.3 Å². The van der Waals surface area contributed by atoms with Gasteiger partial charge in [0.05, 0.1) is 29.9 Å². The summed E-state index contributed by atoms with van der Waals surface area (Å²) in [6.07, 6.45) is 3.77. The Morgan fingerprint density at radius 1 is 1.36 bits per heavy atom. The smallest absolute Gasteiger partial charge is 0.350 e. The van der Waals surface area contributed by atoms with Gasteiger partial charge in [-0.2, -0.15) is 10.5 Å². The number of aromatic nitrogens is 2. The molecule has 1 aliphatic rings. The molecule has 0 saturated carbocycles. The topological polar surface area (TPSA) is 123 Å². The molecule has 1 saturated heterocycles. The molecule has 1 fully saturated rings. The lowest BCUT2D eigenvalue weighted by molar-refractivity contribution is -0.383. The molecule has 2 heterocycles. The molecule has 1 aromatic rings. The summed E-state index contributed by atoms with van der Waals surface area (Å²) >= 11 is 0. The minimum absolute atomic E-state index is 0.146. The first-order valence-corrected chi connectivity index (χ1v) is 8.31. The van der Waals surface area contributed by atoms with Crippen LogP contribution in [0.4, 0.5) is 17.3 Å². The minimum atomic E-state index is -0.463. The highest BCUT2D eigenvalue weighted by Crippen LogP contribution is 2.36. The number of hydrogen-bond donors (Lipinski definition) is 0. The summed E-state index contributed by atoms with van der Waals surface area (Å²) in [5, 5.41) is 29.4. The summed E-state index contributed by atoms with van der Waals surface area (Å²) in [4.78, 5) is 23.1. The summed E-state index contributed by atoms with van der Waals surface area (Å²) in [5.41, 5.74) is -0.146. The van der Waals surface area contributed by atoms with Gasteiger partial charge in [0, 0.05) is 26.2 Å². The Balaban J connectivity index is 2.42. The van der Waals surface area contributed by atoms with E-state index in [0.717, 1.165) is 19.4 Å². The van der Waals surface area contributed by atoms with Crippen molar-refractivity contribution in [2.45, 2.75) is 32.6 Å². The lowest BCUT2D eigenvalue weighted by atomic mass is 10.0. The van der Waals surface area contributed by atoms with Crippen LogP contribution >= 0.6 is 0 Å².